The first-order chi connectivity index (χ1) is 38.2. The molecule has 3 amide bonds. The lowest BCUT2D eigenvalue weighted by Crippen LogP contribution is -2.51. The maximum Gasteiger partial charge on any atom is 0.410 e. The van der Waals surface area contributed by atoms with Crippen LogP contribution in [0.25, 0.3) is 23.3 Å². The molecular formula is C61H64Cl2N12O5. The molecule has 2 saturated heterocycles. The molecule has 3 aromatic carbocycles. The number of urea groups is 1. The van der Waals surface area contributed by atoms with Crippen molar-refractivity contribution in [2.45, 2.75) is 63.5 Å². The number of nitriles is 1. The molecule has 7 aromatic rings. The molecule has 4 atom stereocenters. The number of nitrogens with one attached hydrogen (secondary N) is 1. The number of benzene rings is 3. The minimum absolute atomic E-state index is 0.179. The van der Waals surface area contributed by atoms with Gasteiger partial charge < -0.3 is 39.2 Å². The van der Waals surface area contributed by atoms with Gasteiger partial charge in [0.05, 0.1) is 71.5 Å². The number of aliphatic hydroxyl groups is 2. The van der Waals surface area contributed by atoms with Crippen LogP contribution in [-0.4, -0.2) is 129 Å². The average Bonchev–Trinajstić information content (AvgIpc) is 4.25. The third-order valence-electron chi connectivity index (χ3n) is 15.3. The Labute approximate surface area is 476 Å². The van der Waals surface area contributed by atoms with Crippen molar-refractivity contribution in [3.05, 3.63) is 194 Å². The van der Waals surface area contributed by atoms with E-state index in [0.717, 1.165) is 50.3 Å². The first-order valence-corrected chi connectivity index (χ1v) is 27.3. The van der Waals surface area contributed by atoms with Crippen LogP contribution in [0.1, 0.15) is 108 Å². The molecule has 19 heteroatoms. The Kier molecular flexibility index (Phi) is 15.6. The summed E-state index contributed by atoms with van der Waals surface area (Å²) < 4.78 is 9.24. The number of fused-ring (bicyclic) bond motifs is 4. The van der Waals surface area contributed by atoms with Crippen LogP contribution < -0.4 is 5.32 Å². The van der Waals surface area contributed by atoms with Crippen LogP contribution in [0, 0.1) is 11.3 Å². The van der Waals surface area contributed by atoms with Crippen LogP contribution in [0.15, 0.2) is 122 Å². The summed E-state index contributed by atoms with van der Waals surface area (Å²) in [6.07, 6.45) is 14.1. The van der Waals surface area contributed by atoms with E-state index in [4.69, 9.17) is 43.2 Å². The van der Waals surface area contributed by atoms with Crippen LogP contribution in [-0.2, 0) is 30.0 Å². The van der Waals surface area contributed by atoms with Gasteiger partial charge in [0.25, 0.3) is 0 Å². The normalized spacial score (nSPS) is 18.8. The van der Waals surface area contributed by atoms with Crippen LogP contribution in [0.3, 0.4) is 0 Å². The van der Waals surface area contributed by atoms with Gasteiger partial charge in [0, 0.05) is 94.6 Å². The lowest BCUT2D eigenvalue weighted by molar-refractivity contribution is 0.0117. The van der Waals surface area contributed by atoms with Crippen molar-refractivity contribution in [3.8, 4) is 6.07 Å². The molecule has 2 aliphatic carbocycles. The van der Waals surface area contributed by atoms with Gasteiger partial charge in [-0.15, -0.1) is 0 Å². The number of imidazole rings is 2. The molecule has 3 N–H and O–H groups in total. The Hall–Kier alpha value is -7.69. The minimum atomic E-state index is -1.37. The zero-order chi connectivity index (χ0) is 56.7. The molecule has 6 heterocycles. The first-order valence-electron chi connectivity index (χ1n) is 26.6. The third kappa shape index (κ3) is 11.2. The summed E-state index contributed by atoms with van der Waals surface area (Å²) in [4.78, 5) is 52.1. The first kappa shape index (κ1) is 55.6. The van der Waals surface area contributed by atoms with Crippen molar-refractivity contribution in [1.29, 1.82) is 5.26 Å². The summed E-state index contributed by atoms with van der Waals surface area (Å²) >= 11 is 13.1. The van der Waals surface area contributed by atoms with Gasteiger partial charge in [-0.2, -0.15) is 5.26 Å². The summed E-state index contributed by atoms with van der Waals surface area (Å²) in [5.41, 5.74) is 8.02. The van der Waals surface area contributed by atoms with Crippen LogP contribution in [0.4, 0.5) is 15.3 Å². The van der Waals surface area contributed by atoms with Gasteiger partial charge in [-0.3, -0.25) is 19.8 Å². The van der Waals surface area contributed by atoms with Crippen molar-refractivity contribution >= 4 is 64.3 Å². The fourth-order valence-electron chi connectivity index (χ4n) is 11.3. The van der Waals surface area contributed by atoms with Gasteiger partial charge in [-0.25, -0.2) is 19.6 Å². The van der Waals surface area contributed by atoms with Gasteiger partial charge in [-0.1, -0.05) is 47.5 Å². The van der Waals surface area contributed by atoms with Gasteiger partial charge in [0.1, 0.15) is 16.8 Å². The van der Waals surface area contributed by atoms with Crippen LogP contribution >= 0.6 is 23.2 Å². The lowest BCUT2D eigenvalue weighted by Gasteiger charge is -2.40. The second kappa shape index (κ2) is 22.4. The molecule has 2 aliphatic heterocycles. The largest absolute Gasteiger partial charge is 0.444 e. The summed E-state index contributed by atoms with van der Waals surface area (Å²) in [5, 5.41) is 37.1. The van der Waals surface area contributed by atoms with Crippen LogP contribution in [0.5, 0.6) is 0 Å². The van der Waals surface area contributed by atoms with Crippen molar-refractivity contribution in [1.82, 2.24) is 48.7 Å². The lowest BCUT2D eigenvalue weighted by atomic mass is 9.84. The zero-order valence-corrected chi connectivity index (χ0v) is 47.3. The Morgan fingerprint density at radius 2 is 1.10 bits per heavy atom. The van der Waals surface area contributed by atoms with E-state index < -0.39 is 16.8 Å². The highest BCUT2D eigenvalue weighted by Crippen LogP contribution is 2.48. The summed E-state index contributed by atoms with van der Waals surface area (Å²) in [7, 11) is 3.73. The predicted octanol–water partition coefficient (Wildman–Crippen LogP) is 9.91. The fourth-order valence-corrected chi connectivity index (χ4v) is 11.6. The highest BCUT2D eigenvalue weighted by Gasteiger charge is 2.42. The number of carbonyl (C=O) groups is 2. The number of hydrogen-bond donors (Lipinski definition) is 3. The molecule has 0 spiro atoms. The number of halogens is 2. The Morgan fingerprint density at radius 3 is 1.51 bits per heavy atom. The number of piperazine rings is 2. The molecule has 4 aliphatic rings. The van der Waals surface area contributed by atoms with E-state index >= 15 is 0 Å². The van der Waals surface area contributed by atoms with Crippen LogP contribution in [0.2, 0.25) is 10.0 Å². The van der Waals surface area contributed by atoms with E-state index in [9.17, 15) is 19.8 Å². The Morgan fingerprint density at radius 1 is 0.650 bits per heavy atom. The number of amides is 3. The fraction of sp³-hybridized carbons (Fsp3) is 0.328. The second-order valence-corrected chi connectivity index (χ2v) is 22.8. The van der Waals surface area contributed by atoms with E-state index in [1.807, 2.05) is 117 Å². The molecule has 11 rings (SSSR count). The molecule has 0 saturated carbocycles. The number of anilines is 1. The molecule has 4 aromatic heterocycles. The molecule has 0 radical (unpaired) electrons. The monoisotopic (exact) mass is 1110 g/mol. The van der Waals surface area contributed by atoms with Gasteiger partial charge >= 0.3 is 12.1 Å². The van der Waals surface area contributed by atoms with Gasteiger partial charge in [-0.05, 0) is 152 Å². The van der Waals surface area contributed by atoms with E-state index in [0.29, 0.717) is 90.6 Å². The van der Waals surface area contributed by atoms with E-state index in [1.54, 1.807) is 85.4 Å². The molecular weight excluding hydrogens is 1050 g/mol. The van der Waals surface area contributed by atoms with Crippen molar-refractivity contribution < 1.29 is 24.5 Å². The molecule has 0 bridgehead atoms. The number of hydrogen-bond acceptors (Lipinski definition) is 12. The third-order valence-corrected chi connectivity index (χ3v) is 15.8. The SMILES string of the molecule is Cn1cncc1C(C)(O)C1=Cc2cccnc2C(N2CCN(C(=O)Nc3ccc(C#N)cc3)CC2)c2ccc(Cl)cc21.Cn1cncc1C(C)(O)C1=Cc2cccnc2C(N2CCN(C(=O)OC(C)(C)C)CC2)c2ccc(Cl)cc21. The highest BCUT2D eigenvalue weighted by atomic mass is 35.5. The van der Waals surface area contributed by atoms with Gasteiger partial charge in [0.2, 0.25) is 0 Å². The van der Waals surface area contributed by atoms with Crippen molar-refractivity contribution in [3.63, 3.8) is 0 Å². The number of pyridine rings is 2. The maximum absolute atomic E-state index is 13.0. The number of carbonyl (C=O) groups excluding carboxylic acids is 2. The van der Waals surface area contributed by atoms with E-state index in [1.165, 1.54) is 0 Å². The Balaban J connectivity index is 0.000000181. The molecule has 4 unspecified atom stereocenters. The smallest absolute Gasteiger partial charge is 0.410 e. The number of aromatic nitrogens is 6. The van der Waals surface area contributed by atoms with Gasteiger partial charge in [0.15, 0.2) is 0 Å². The molecule has 17 nitrogen and oxygen atoms in total. The Bertz CT molecular complexity index is 3560. The average molecular weight is 1120 g/mol. The number of nitrogens with zero attached hydrogens (tertiary/aromatic N) is 11. The van der Waals surface area contributed by atoms with E-state index in [-0.39, 0.29) is 24.2 Å². The van der Waals surface area contributed by atoms with Crippen molar-refractivity contribution in [2.24, 2.45) is 14.1 Å². The molecule has 412 valence electrons. The minimum Gasteiger partial charge on any atom is -0.444 e. The topological polar surface area (TPSA) is 194 Å². The zero-order valence-electron chi connectivity index (χ0n) is 45.8. The number of aryl methyl sites for hydroxylation is 2. The summed E-state index contributed by atoms with van der Waals surface area (Å²) in [6.45, 7) is 13.9. The molecule has 2 fully saturated rings. The number of ether oxygens (including phenoxy) is 1. The predicted molar refractivity (Wildman–Crippen MR) is 309 cm³/mol. The van der Waals surface area contributed by atoms with E-state index in [2.05, 4.69) is 31.2 Å². The molecule has 80 heavy (non-hydrogen) atoms. The highest BCUT2D eigenvalue weighted by molar-refractivity contribution is 6.31. The number of rotatable bonds is 7. The second-order valence-electron chi connectivity index (χ2n) is 21.9. The van der Waals surface area contributed by atoms with Crippen molar-refractivity contribution in [2.75, 3.05) is 57.7 Å². The quantitative estimate of drug-likeness (QED) is 0.137. The maximum atomic E-state index is 13.0. The summed E-state index contributed by atoms with van der Waals surface area (Å²) in [6, 6.07) is 27.8. The summed E-state index contributed by atoms with van der Waals surface area (Å²) in [5.74, 6) is 0. The standard InChI is InChI=1S/C32H30ClN7O2.C29H34ClN5O3/c1-32(42,28-19-35-20-38(28)2)27-16-22-4-3-11-36-29(22)30(25-10-7-23(33)17-26(25)27)39-12-14-40(15-13-39)31(41)37-24-8-5-21(18-34)6-9-24;1-28(2,3)38-27(36)35-13-11-34(12-14-35)26-21-9-8-20(30)16-22(21)23(15-19-7-6-10-32-25(19)26)29(4,37)24-17-31-18-33(24)5/h3-11,16-17,19-20,30,42H,12-15H2,1-2H3,(H,37,41);6-10,15-18,26,37H,11-14H2,1-5H3.